The molecule has 0 aliphatic heterocycles. The number of nitrogens with zero attached hydrogens (tertiary/aromatic N) is 1. The molecule has 0 atom stereocenters. The first-order valence-electron chi connectivity index (χ1n) is 4.35. The molecule has 0 fully saturated rings. The van der Waals surface area contributed by atoms with Crippen LogP contribution in [0.15, 0.2) is 0 Å². The van der Waals surface area contributed by atoms with Gasteiger partial charge in [-0.25, -0.2) is 0 Å². The van der Waals surface area contributed by atoms with Crippen molar-refractivity contribution in [3.8, 4) is 0 Å². The van der Waals surface area contributed by atoms with E-state index in [0.29, 0.717) is 0 Å². The Hall–Kier alpha value is 0.310. The summed E-state index contributed by atoms with van der Waals surface area (Å²) in [6.07, 6.45) is 2.12. The second-order valence-electron chi connectivity index (χ2n) is 3.84. The van der Waals surface area contributed by atoms with Crippen molar-refractivity contribution in [2.45, 2.75) is 6.42 Å². The van der Waals surface area contributed by atoms with Gasteiger partial charge in [-0.2, -0.15) is 6.16 Å². The first-order valence-corrected chi connectivity index (χ1v) is 5.35. The predicted octanol–water partition coefficient (Wildman–Crippen LogP) is 0.919. The van der Waals surface area contributed by atoms with Gasteiger partial charge in [0, 0.05) is 0 Å². The Morgan fingerprint density at radius 1 is 1.33 bits per heavy atom. The van der Waals surface area contributed by atoms with E-state index in [9.17, 15) is 0 Å². The average Bonchev–Trinajstić information content (AvgIpc) is 1.94. The summed E-state index contributed by atoms with van der Waals surface area (Å²) in [5.74, 6) is 0. The van der Waals surface area contributed by atoms with Gasteiger partial charge in [-0.1, -0.05) is 6.42 Å². The lowest BCUT2D eigenvalue weighted by Crippen LogP contribution is -2.37. The van der Waals surface area contributed by atoms with Gasteiger partial charge in [0.05, 0.1) is 34.3 Å². The lowest BCUT2D eigenvalue weighted by molar-refractivity contribution is -0.870. The minimum absolute atomic E-state index is 0.770. The van der Waals surface area contributed by atoms with Gasteiger partial charge in [-0.05, 0) is 6.54 Å². The molecule has 4 heteroatoms. The monoisotopic (exact) mass is 192 g/mol. The molecule has 0 aliphatic carbocycles. The third kappa shape index (κ3) is 10.3. The number of quaternary nitrogens is 1. The molecular formula is C8H21N2OP. The molecule has 0 rings (SSSR count). The molecule has 0 aromatic carbocycles. The van der Waals surface area contributed by atoms with Crippen molar-refractivity contribution in [1.82, 2.24) is 0 Å². The zero-order valence-electron chi connectivity index (χ0n) is 8.42. The van der Waals surface area contributed by atoms with Crippen LogP contribution < -0.4 is 5.73 Å². The summed E-state index contributed by atoms with van der Waals surface area (Å²) >= 11 is 0. The molecule has 0 heterocycles. The lowest BCUT2D eigenvalue weighted by Gasteiger charge is -2.27. The van der Waals surface area contributed by atoms with Gasteiger partial charge in [0.2, 0.25) is 0 Å². The topological polar surface area (TPSA) is 35.2 Å². The zero-order chi connectivity index (χ0) is 9.45. The Morgan fingerprint density at radius 2 is 2.00 bits per heavy atom. The fraction of sp³-hybridized carbons (Fsp3) is 1.00. The molecule has 12 heavy (non-hydrogen) atoms. The van der Waals surface area contributed by atoms with E-state index in [0.717, 1.165) is 45.6 Å². The second-order valence-corrected chi connectivity index (χ2v) is 4.81. The molecule has 0 saturated heterocycles. The highest BCUT2D eigenvalue weighted by atomic mass is 31.1. The van der Waals surface area contributed by atoms with Crippen LogP contribution in [0.25, 0.3) is 0 Å². The van der Waals surface area contributed by atoms with Crippen molar-refractivity contribution < 1.29 is 9.01 Å². The molecule has 0 saturated carbocycles. The average molecular weight is 192 g/mol. The van der Waals surface area contributed by atoms with Crippen LogP contribution in [0.2, 0.25) is 0 Å². The number of hydrogen-bond donors (Lipinski definition) is 1. The van der Waals surface area contributed by atoms with E-state index < -0.39 is 0 Å². The van der Waals surface area contributed by atoms with Gasteiger partial charge in [-0.3, -0.25) is 0 Å². The van der Waals surface area contributed by atoms with Gasteiger partial charge in [0.25, 0.3) is 0 Å². The maximum absolute atomic E-state index is 5.41. The summed E-state index contributed by atoms with van der Waals surface area (Å²) < 4.78 is 6.38. The summed E-state index contributed by atoms with van der Waals surface area (Å²) in [7, 11) is 7.58. The molecule has 74 valence electrons. The fourth-order valence-corrected chi connectivity index (χ4v) is 1.25. The minimum Gasteiger partial charge on any atom is -0.553 e. The molecule has 0 amide bonds. The normalized spacial score (nSPS) is 13.0. The van der Waals surface area contributed by atoms with Gasteiger partial charge >= 0.3 is 0 Å². The molecule has 0 unspecified atom stereocenters. The fourth-order valence-electron chi connectivity index (χ4n) is 0.600. The molecule has 2 N–H and O–H groups in total. The van der Waals surface area contributed by atoms with Crippen LogP contribution in [0.1, 0.15) is 6.42 Å². The Morgan fingerprint density at radius 3 is 2.50 bits per heavy atom. The van der Waals surface area contributed by atoms with E-state index in [1.54, 1.807) is 0 Å². The van der Waals surface area contributed by atoms with Gasteiger partial charge in [0.15, 0.2) is 0 Å². The van der Waals surface area contributed by atoms with Crippen LogP contribution in [0.5, 0.6) is 0 Å². The first-order chi connectivity index (χ1) is 5.56. The highest BCUT2D eigenvalue weighted by Crippen LogP contribution is 2.12. The highest BCUT2D eigenvalue weighted by Gasteiger charge is 2.02. The van der Waals surface area contributed by atoms with Gasteiger partial charge < -0.3 is 23.5 Å². The van der Waals surface area contributed by atoms with Crippen molar-refractivity contribution in [3.05, 3.63) is 0 Å². The van der Waals surface area contributed by atoms with Crippen LogP contribution >= 0.6 is 8.81 Å². The quantitative estimate of drug-likeness (QED) is 0.370. The molecule has 0 bridgehead atoms. The summed E-state index contributed by atoms with van der Waals surface area (Å²) in [4.78, 5) is 0. The summed E-state index contributed by atoms with van der Waals surface area (Å²) in [6, 6.07) is 0. The maximum atomic E-state index is 5.41. The first kappa shape index (κ1) is 12.3. The number of nitrogens with two attached hydrogens (primary N) is 1. The molecular weight excluding hydrogens is 171 g/mol. The van der Waals surface area contributed by atoms with E-state index in [4.69, 9.17) is 10.3 Å². The van der Waals surface area contributed by atoms with Crippen LogP contribution in [-0.4, -0.2) is 51.5 Å². The van der Waals surface area contributed by atoms with Crippen LogP contribution in [0.3, 0.4) is 0 Å². The molecule has 3 nitrogen and oxygen atoms in total. The van der Waals surface area contributed by atoms with E-state index in [-0.39, 0.29) is 0 Å². The van der Waals surface area contributed by atoms with Crippen molar-refractivity contribution in [3.63, 3.8) is 0 Å². The molecule has 0 radical (unpaired) electrons. The summed E-state index contributed by atoms with van der Waals surface area (Å²) in [5.41, 5.74) is 5.35. The van der Waals surface area contributed by atoms with E-state index in [1.165, 1.54) is 0 Å². The smallest absolute Gasteiger partial charge is 0.0989 e. The Labute approximate surface area is 77.7 Å². The molecule has 0 aromatic rings. The van der Waals surface area contributed by atoms with Crippen molar-refractivity contribution in [2.24, 2.45) is 5.73 Å². The standard InChI is InChI=1S/C8H21N2OP/c1-10(2,3)6-7-11-12-8-4-5-9/h4-9H2,1-3H3. The Bertz CT molecular complexity index is 104. The van der Waals surface area contributed by atoms with E-state index in [1.807, 2.05) is 0 Å². The predicted molar refractivity (Wildman–Crippen MR) is 54.3 cm³/mol. The third-order valence-corrected chi connectivity index (χ3v) is 2.26. The van der Waals surface area contributed by atoms with Crippen molar-refractivity contribution >= 4 is 8.81 Å². The largest absolute Gasteiger partial charge is 0.553 e. The Kier molecular flexibility index (Phi) is 6.96. The van der Waals surface area contributed by atoms with E-state index in [2.05, 4.69) is 21.1 Å². The SMILES string of the molecule is C[N+](C)(C)CCO[P-]CCCN. The molecule has 0 aliphatic rings. The van der Waals surface area contributed by atoms with Crippen LogP contribution in [0.4, 0.5) is 0 Å². The van der Waals surface area contributed by atoms with Crippen molar-refractivity contribution in [1.29, 1.82) is 0 Å². The Balaban J connectivity index is 3.01. The number of rotatable bonds is 7. The van der Waals surface area contributed by atoms with Gasteiger partial charge in [-0.15, -0.1) is 0 Å². The third-order valence-electron chi connectivity index (χ3n) is 1.40. The van der Waals surface area contributed by atoms with Crippen molar-refractivity contribution in [2.75, 3.05) is 47.0 Å². The number of likely N-dealkylation sites (N-methyl/N-ethyl adjacent to an activating group) is 1. The lowest BCUT2D eigenvalue weighted by atomic mass is 10.5. The minimum atomic E-state index is 0.770. The highest BCUT2D eigenvalue weighted by molar-refractivity contribution is 7.32. The van der Waals surface area contributed by atoms with Crippen LogP contribution in [0, 0.1) is 0 Å². The summed E-state index contributed by atoms with van der Waals surface area (Å²) in [5, 5.41) is 0. The summed E-state index contributed by atoms with van der Waals surface area (Å²) in [6.45, 7) is 2.68. The molecule has 0 aromatic heterocycles. The van der Waals surface area contributed by atoms with E-state index >= 15 is 0 Å². The number of hydrogen-bond acceptors (Lipinski definition) is 2. The maximum Gasteiger partial charge on any atom is 0.0989 e. The van der Waals surface area contributed by atoms with Gasteiger partial charge in [0.1, 0.15) is 0 Å². The zero-order valence-corrected chi connectivity index (χ0v) is 9.31. The second kappa shape index (κ2) is 6.79. The van der Waals surface area contributed by atoms with Crippen LogP contribution in [-0.2, 0) is 4.52 Å². The molecule has 0 spiro atoms.